The number of halogens is 1. The van der Waals surface area contributed by atoms with E-state index in [4.69, 9.17) is 9.94 Å². The Bertz CT molecular complexity index is 847. The molecule has 1 aromatic carbocycles. The summed E-state index contributed by atoms with van der Waals surface area (Å²) in [5.41, 5.74) is 4.91. The molecule has 0 bridgehead atoms. The smallest absolute Gasteiger partial charge is 0.320 e. The number of rotatable bonds is 6. The number of amides is 3. The van der Waals surface area contributed by atoms with E-state index < -0.39 is 5.91 Å². The molecule has 0 aromatic heterocycles. The average molecular weight is 417 g/mol. The van der Waals surface area contributed by atoms with Crippen LogP contribution in [0.2, 0.25) is 0 Å². The number of aryl methyl sites for hydroxylation is 1. The lowest BCUT2D eigenvalue weighted by molar-refractivity contribution is -0.128. The number of urea groups is 1. The first-order valence-electron chi connectivity index (χ1n) is 10.1. The van der Waals surface area contributed by atoms with Gasteiger partial charge in [0.25, 0.3) is 0 Å². The maximum Gasteiger partial charge on any atom is 0.320 e. The van der Waals surface area contributed by atoms with Crippen molar-refractivity contribution in [2.45, 2.75) is 32.7 Å². The molecule has 1 aliphatic heterocycles. The van der Waals surface area contributed by atoms with Gasteiger partial charge in [0.15, 0.2) is 0 Å². The van der Waals surface area contributed by atoms with Crippen molar-refractivity contribution in [3.8, 4) is 0 Å². The van der Waals surface area contributed by atoms with Crippen LogP contribution in [0, 0.1) is 12.7 Å². The molecular formula is C22H28FN3O4. The van der Waals surface area contributed by atoms with Gasteiger partial charge in [0, 0.05) is 25.2 Å². The summed E-state index contributed by atoms with van der Waals surface area (Å²) in [6.45, 7) is 4.44. The molecule has 0 saturated carbocycles. The van der Waals surface area contributed by atoms with Gasteiger partial charge in [-0.15, -0.1) is 0 Å². The molecular weight excluding hydrogens is 389 g/mol. The molecule has 3 rings (SSSR count). The van der Waals surface area contributed by atoms with E-state index >= 15 is 0 Å². The van der Waals surface area contributed by atoms with Crippen molar-refractivity contribution in [1.29, 1.82) is 0 Å². The van der Waals surface area contributed by atoms with Crippen molar-refractivity contribution in [1.82, 2.24) is 15.3 Å². The Morgan fingerprint density at radius 2 is 1.87 bits per heavy atom. The second kappa shape index (κ2) is 10.4. The number of allylic oxidation sites excluding steroid dienone is 2. The standard InChI is InChI=1S/C22H28FN3O4/c1-16-2-7-19(20(23)12-16)15-26(22(28)25-8-10-30-11-9-25)14-18-5-3-17(4-6-18)13-21(27)24-29/h2-3,5,7,12,29H,4,6,8-11,13-15H2,1H3,(H,24,27). The van der Waals surface area contributed by atoms with Crippen molar-refractivity contribution in [2.24, 2.45) is 0 Å². The van der Waals surface area contributed by atoms with E-state index in [0.29, 0.717) is 51.3 Å². The summed E-state index contributed by atoms with van der Waals surface area (Å²) >= 11 is 0. The molecule has 1 aliphatic carbocycles. The molecule has 2 aliphatic rings. The van der Waals surface area contributed by atoms with Crippen LogP contribution in [0.3, 0.4) is 0 Å². The van der Waals surface area contributed by atoms with Gasteiger partial charge in [-0.05, 0) is 31.4 Å². The largest absolute Gasteiger partial charge is 0.378 e. The maximum absolute atomic E-state index is 14.4. The minimum absolute atomic E-state index is 0.131. The molecule has 0 atom stereocenters. The van der Waals surface area contributed by atoms with E-state index in [-0.39, 0.29) is 24.8 Å². The fourth-order valence-corrected chi connectivity index (χ4v) is 3.63. The van der Waals surface area contributed by atoms with Crippen LogP contribution in [-0.2, 0) is 16.1 Å². The molecule has 7 nitrogen and oxygen atoms in total. The van der Waals surface area contributed by atoms with E-state index in [1.807, 2.05) is 25.1 Å². The summed E-state index contributed by atoms with van der Waals surface area (Å²) in [6, 6.07) is 4.92. The number of carbonyl (C=O) groups is 2. The minimum Gasteiger partial charge on any atom is -0.378 e. The zero-order chi connectivity index (χ0) is 21.5. The van der Waals surface area contributed by atoms with Crippen LogP contribution >= 0.6 is 0 Å². The fourth-order valence-electron chi connectivity index (χ4n) is 3.63. The van der Waals surface area contributed by atoms with Crippen LogP contribution in [0.15, 0.2) is 41.5 Å². The molecule has 3 amide bonds. The molecule has 8 heteroatoms. The van der Waals surface area contributed by atoms with Crippen molar-refractivity contribution in [3.05, 3.63) is 58.4 Å². The molecule has 0 unspecified atom stereocenters. The zero-order valence-corrected chi connectivity index (χ0v) is 17.2. The first kappa shape index (κ1) is 22.0. The number of benzene rings is 1. The van der Waals surface area contributed by atoms with Crippen LogP contribution < -0.4 is 5.48 Å². The average Bonchev–Trinajstić information content (AvgIpc) is 2.76. The van der Waals surface area contributed by atoms with Crippen molar-refractivity contribution in [2.75, 3.05) is 32.8 Å². The number of nitrogens with zero attached hydrogens (tertiary/aromatic N) is 2. The van der Waals surface area contributed by atoms with Gasteiger partial charge < -0.3 is 14.5 Å². The summed E-state index contributed by atoms with van der Waals surface area (Å²) in [5.74, 6) is -0.762. The summed E-state index contributed by atoms with van der Waals surface area (Å²) in [5, 5.41) is 8.67. The van der Waals surface area contributed by atoms with Crippen molar-refractivity contribution < 1.29 is 23.9 Å². The Morgan fingerprint density at radius 3 is 2.50 bits per heavy atom. The lowest BCUT2D eigenvalue weighted by Crippen LogP contribution is -2.48. The second-order valence-electron chi connectivity index (χ2n) is 7.69. The number of carbonyl (C=O) groups excluding carboxylic acids is 2. The van der Waals surface area contributed by atoms with E-state index in [0.717, 1.165) is 16.7 Å². The maximum atomic E-state index is 14.4. The monoisotopic (exact) mass is 417 g/mol. The molecule has 1 saturated heterocycles. The quantitative estimate of drug-likeness (QED) is 0.551. The van der Waals surface area contributed by atoms with Crippen LogP contribution in [0.4, 0.5) is 9.18 Å². The van der Waals surface area contributed by atoms with Crippen molar-refractivity contribution in [3.63, 3.8) is 0 Å². The Morgan fingerprint density at radius 1 is 1.17 bits per heavy atom. The molecule has 2 N–H and O–H groups in total. The highest BCUT2D eigenvalue weighted by molar-refractivity contribution is 5.77. The SMILES string of the molecule is Cc1ccc(CN(CC2=CC=C(CC(=O)NO)CC2)C(=O)N2CCOCC2)c(F)c1. The summed E-state index contributed by atoms with van der Waals surface area (Å²) in [4.78, 5) is 27.9. The normalized spacial score (nSPS) is 16.6. The molecule has 0 radical (unpaired) electrons. The van der Waals surface area contributed by atoms with E-state index in [2.05, 4.69) is 0 Å². The van der Waals surface area contributed by atoms with Gasteiger partial charge in [-0.1, -0.05) is 35.4 Å². The van der Waals surface area contributed by atoms with Gasteiger partial charge in [-0.2, -0.15) is 0 Å². The molecule has 162 valence electrons. The topological polar surface area (TPSA) is 82.1 Å². The Hall–Kier alpha value is -2.71. The predicted molar refractivity (Wildman–Crippen MR) is 109 cm³/mol. The summed E-state index contributed by atoms with van der Waals surface area (Å²) in [6.07, 6.45) is 5.29. The van der Waals surface area contributed by atoms with Gasteiger partial charge in [0.05, 0.1) is 26.2 Å². The molecule has 30 heavy (non-hydrogen) atoms. The van der Waals surface area contributed by atoms with Crippen LogP contribution in [0.5, 0.6) is 0 Å². The lowest BCUT2D eigenvalue weighted by Gasteiger charge is -2.34. The predicted octanol–water partition coefficient (Wildman–Crippen LogP) is 2.93. The number of hydrogen-bond donors (Lipinski definition) is 2. The van der Waals surface area contributed by atoms with E-state index in [1.165, 1.54) is 6.07 Å². The highest BCUT2D eigenvalue weighted by Crippen LogP contribution is 2.23. The third-order valence-corrected chi connectivity index (χ3v) is 5.35. The summed E-state index contributed by atoms with van der Waals surface area (Å²) in [7, 11) is 0. The van der Waals surface area contributed by atoms with Crippen LogP contribution in [0.1, 0.15) is 30.4 Å². The van der Waals surface area contributed by atoms with Gasteiger partial charge >= 0.3 is 6.03 Å². The van der Waals surface area contributed by atoms with Gasteiger partial charge in [-0.25, -0.2) is 14.7 Å². The van der Waals surface area contributed by atoms with Crippen molar-refractivity contribution >= 4 is 11.9 Å². The number of hydrogen-bond acceptors (Lipinski definition) is 4. The highest BCUT2D eigenvalue weighted by Gasteiger charge is 2.25. The number of ether oxygens (including phenoxy) is 1. The Balaban J connectivity index is 1.75. The van der Waals surface area contributed by atoms with E-state index in [9.17, 15) is 14.0 Å². The third-order valence-electron chi connectivity index (χ3n) is 5.35. The van der Waals surface area contributed by atoms with Gasteiger partial charge in [0.1, 0.15) is 5.82 Å². The third kappa shape index (κ3) is 5.90. The number of nitrogens with one attached hydrogen (secondary N) is 1. The molecule has 1 aromatic rings. The molecule has 1 fully saturated rings. The van der Waals surface area contributed by atoms with Gasteiger partial charge in [-0.3, -0.25) is 10.0 Å². The van der Waals surface area contributed by atoms with Crippen LogP contribution in [0.25, 0.3) is 0 Å². The van der Waals surface area contributed by atoms with Crippen LogP contribution in [-0.4, -0.2) is 59.8 Å². The first-order valence-corrected chi connectivity index (χ1v) is 10.1. The Kier molecular flexibility index (Phi) is 7.59. The summed E-state index contributed by atoms with van der Waals surface area (Å²) < 4.78 is 19.8. The molecule has 1 heterocycles. The number of morpholine rings is 1. The van der Waals surface area contributed by atoms with E-state index in [1.54, 1.807) is 21.3 Å². The second-order valence-corrected chi connectivity index (χ2v) is 7.69. The van der Waals surface area contributed by atoms with Gasteiger partial charge in [0.2, 0.25) is 5.91 Å². The lowest BCUT2D eigenvalue weighted by atomic mass is 9.95. The minimum atomic E-state index is -0.447. The highest BCUT2D eigenvalue weighted by atomic mass is 19.1. The number of hydroxylamine groups is 1. The fraction of sp³-hybridized carbons (Fsp3) is 0.455. The molecule has 0 spiro atoms. The first-order chi connectivity index (χ1) is 14.5. The zero-order valence-electron chi connectivity index (χ0n) is 17.2. The Labute approximate surface area is 175 Å².